The monoisotopic (exact) mass is 403 g/mol. The van der Waals surface area contributed by atoms with Gasteiger partial charge in [-0.05, 0) is 47.9 Å². The number of halogens is 3. The third-order valence-corrected chi connectivity index (χ3v) is 5.20. The summed E-state index contributed by atoms with van der Waals surface area (Å²) in [7, 11) is 0. The Bertz CT molecular complexity index is 1050. The number of H-pyrrole nitrogens is 1. The zero-order chi connectivity index (χ0) is 20.5. The number of carbonyl (C=O) groups is 1. The van der Waals surface area contributed by atoms with Crippen LogP contribution in [0.5, 0.6) is 0 Å². The molecule has 152 valence electrons. The van der Waals surface area contributed by atoms with E-state index in [1.54, 1.807) is 12.1 Å². The minimum Gasteiger partial charge on any atom is -0.390 e. The van der Waals surface area contributed by atoms with Gasteiger partial charge in [0.1, 0.15) is 17.5 Å². The molecule has 1 aromatic heterocycles. The second-order valence-electron chi connectivity index (χ2n) is 7.20. The second kappa shape index (κ2) is 7.88. The fraction of sp³-hybridized carbons (Fsp3) is 0.286. The highest BCUT2D eigenvalue weighted by Gasteiger charge is 2.26. The van der Waals surface area contributed by atoms with Crippen molar-refractivity contribution in [3.05, 3.63) is 59.4 Å². The number of aryl methyl sites for hydroxylation is 1. The van der Waals surface area contributed by atoms with Crippen molar-refractivity contribution in [3.63, 3.8) is 0 Å². The van der Waals surface area contributed by atoms with Gasteiger partial charge < -0.3 is 20.7 Å². The van der Waals surface area contributed by atoms with Crippen molar-refractivity contribution in [1.29, 1.82) is 0 Å². The predicted octanol–water partition coefficient (Wildman–Crippen LogP) is 2.63. The molecular weight excluding hydrogens is 383 g/mol. The fourth-order valence-electron chi connectivity index (χ4n) is 3.73. The van der Waals surface area contributed by atoms with E-state index in [1.807, 2.05) is 0 Å². The lowest BCUT2D eigenvalue weighted by Crippen LogP contribution is -2.42. The number of carbonyl (C=O) groups excluding carboxylic acids is 1. The summed E-state index contributed by atoms with van der Waals surface area (Å²) < 4.78 is 41.4. The van der Waals surface area contributed by atoms with Crippen molar-refractivity contribution in [1.82, 2.24) is 15.6 Å². The Kier molecular flexibility index (Phi) is 5.29. The van der Waals surface area contributed by atoms with Gasteiger partial charge >= 0.3 is 0 Å². The largest absolute Gasteiger partial charge is 0.390 e. The van der Waals surface area contributed by atoms with Crippen molar-refractivity contribution >= 4 is 16.8 Å². The van der Waals surface area contributed by atoms with Crippen molar-refractivity contribution < 1.29 is 23.1 Å². The van der Waals surface area contributed by atoms with Gasteiger partial charge in [0.05, 0.1) is 17.7 Å². The van der Waals surface area contributed by atoms with Crippen molar-refractivity contribution in [2.75, 3.05) is 13.1 Å². The molecule has 0 bridgehead atoms. The van der Waals surface area contributed by atoms with Gasteiger partial charge in [0.2, 0.25) is 5.91 Å². The number of aliphatic hydroxyl groups excluding tert-OH is 1. The standard InChI is InChI=1S/C21H20F3N3O2/c22-12-3-1-11(2-4-12)20-14(15-7-13(23)8-16(24)21(15)27-20)5-6-19(29)26-17-9-25-10-18(17)28/h1-4,7-8,17-18,25,27-28H,5-6,9-10H2,(H,26,29)/t17-,18-/m1/s1. The molecule has 1 fully saturated rings. The lowest BCUT2D eigenvalue weighted by Gasteiger charge is -2.15. The van der Waals surface area contributed by atoms with E-state index in [0.717, 1.165) is 6.07 Å². The molecule has 0 spiro atoms. The summed E-state index contributed by atoms with van der Waals surface area (Å²) >= 11 is 0. The van der Waals surface area contributed by atoms with Gasteiger partial charge in [-0.1, -0.05) is 0 Å². The number of β-amino-alcohol motifs (C(OH)–C–C–N with tert-alkyl or cyclic N) is 1. The average molecular weight is 403 g/mol. The molecule has 2 aromatic carbocycles. The summed E-state index contributed by atoms with van der Waals surface area (Å²) in [6, 6.07) is 7.29. The molecule has 0 unspecified atom stereocenters. The normalized spacial score (nSPS) is 19.0. The summed E-state index contributed by atoms with van der Waals surface area (Å²) in [6.45, 7) is 0.901. The third kappa shape index (κ3) is 3.99. The van der Waals surface area contributed by atoms with Crippen molar-refractivity contribution in [3.8, 4) is 11.3 Å². The van der Waals surface area contributed by atoms with Crippen LogP contribution in [-0.4, -0.2) is 41.2 Å². The highest BCUT2D eigenvalue weighted by molar-refractivity contribution is 5.92. The Morgan fingerprint density at radius 3 is 2.55 bits per heavy atom. The SMILES string of the molecule is O=C(CCc1c(-c2ccc(F)cc2)[nH]c2c(F)cc(F)cc12)N[C@@H]1CNC[C@H]1O. The zero-order valence-corrected chi connectivity index (χ0v) is 15.4. The molecule has 5 nitrogen and oxygen atoms in total. The van der Waals surface area contributed by atoms with Gasteiger partial charge in [-0.25, -0.2) is 13.2 Å². The van der Waals surface area contributed by atoms with E-state index in [0.29, 0.717) is 35.3 Å². The van der Waals surface area contributed by atoms with Crippen LogP contribution < -0.4 is 10.6 Å². The van der Waals surface area contributed by atoms with Crippen molar-refractivity contribution in [2.24, 2.45) is 0 Å². The van der Waals surface area contributed by atoms with Crippen LogP contribution in [-0.2, 0) is 11.2 Å². The number of aliphatic hydroxyl groups is 1. The number of fused-ring (bicyclic) bond motifs is 1. The highest BCUT2D eigenvalue weighted by atomic mass is 19.1. The zero-order valence-electron chi connectivity index (χ0n) is 15.4. The number of rotatable bonds is 5. The summed E-state index contributed by atoms with van der Waals surface area (Å²) in [4.78, 5) is 15.3. The molecule has 2 heterocycles. The highest BCUT2D eigenvalue weighted by Crippen LogP contribution is 2.33. The predicted molar refractivity (Wildman–Crippen MR) is 103 cm³/mol. The van der Waals surface area contributed by atoms with Gasteiger partial charge in [-0.3, -0.25) is 4.79 Å². The molecule has 0 aliphatic carbocycles. The number of nitrogens with one attached hydrogen (secondary N) is 3. The van der Waals surface area contributed by atoms with Gasteiger partial charge in [0, 0.05) is 36.7 Å². The Morgan fingerprint density at radius 2 is 1.86 bits per heavy atom. The Balaban J connectivity index is 1.65. The Morgan fingerprint density at radius 1 is 1.10 bits per heavy atom. The second-order valence-corrected chi connectivity index (χ2v) is 7.20. The molecule has 4 rings (SSSR count). The molecular formula is C21H20F3N3O2. The van der Waals surface area contributed by atoms with Gasteiger partial charge in [-0.2, -0.15) is 0 Å². The van der Waals surface area contributed by atoms with E-state index in [1.165, 1.54) is 18.2 Å². The molecule has 29 heavy (non-hydrogen) atoms. The topological polar surface area (TPSA) is 77.2 Å². The maximum atomic E-state index is 14.3. The van der Waals surface area contributed by atoms with E-state index < -0.39 is 23.6 Å². The Labute approximate surface area is 164 Å². The van der Waals surface area contributed by atoms with Crippen LogP contribution >= 0.6 is 0 Å². The molecule has 4 N–H and O–H groups in total. The van der Waals surface area contributed by atoms with Crippen molar-refractivity contribution in [2.45, 2.75) is 25.0 Å². The molecule has 8 heteroatoms. The molecule has 1 aliphatic rings. The molecule has 1 saturated heterocycles. The number of hydrogen-bond acceptors (Lipinski definition) is 3. The molecule has 1 aliphatic heterocycles. The maximum absolute atomic E-state index is 14.3. The molecule has 0 saturated carbocycles. The number of benzene rings is 2. The van der Waals surface area contributed by atoms with E-state index in [2.05, 4.69) is 15.6 Å². The van der Waals surface area contributed by atoms with E-state index in [4.69, 9.17) is 0 Å². The van der Waals surface area contributed by atoms with Gasteiger partial charge in [0.15, 0.2) is 0 Å². The number of aromatic nitrogens is 1. The van der Waals surface area contributed by atoms with Gasteiger partial charge in [-0.15, -0.1) is 0 Å². The molecule has 3 aromatic rings. The van der Waals surface area contributed by atoms with Crippen LogP contribution in [0.25, 0.3) is 22.2 Å². The van der Waals surface area contributed by atoms with E-state index in [9.17, 15) is 23.1 Å². The first-order valence-corrected chi connectivity index (χ1v) is 9.36. The smallest absolute Gasteiger partial charge is 0.220 e. The first-order chi connectivity index (χ1) is 13.9. The lowest BCUT2D eigenvalue weighted by molar-refractivity contribution is -0.122. The minimum atomic E-state index is -0.737. The lowest BCUT2D eigenvalue weighted by atomic mass is 10.0. The summed E-state index contributed by atoms with van der Waals surface area (Å²) in [5.41, 5.74) is 1.83. The maximum Gasteiger partial charge on any atom is 0.220 e. The summed E-state index contributed by atoms with van der Waals surface area (Å²) in [5, 5.41) is 15.9. The molecule has 0 radical (unpaired) electrons. The van der Waals surface area contributed by atoms with E-state index >= 15 is 0 Å². The molecule has 1 amide bonds. The number of amides is 1. The summed E-state index contributed by atoms with van der Waals surface area (Å²) in [5.74, 6) is -2.13. The fourth-order valence-corrected chi connectivity index (χ4v) is 3.73. The number of hydrogen-bond donors (Lipinski definition) is 4. The minimum absolute atomic E-state index is 0.0719. The first-order valence-electron chi connectivity index (χ1n) is 9.36. The summed E-state index contributed by atoms with van der Waals surface area (Å²) in [6.07, 6.45) is -0.356. The number of aromatic amines is 1. The van der Waals surface area contributed by atoms with Crippen LogP contribution in [0.3, 0.4) is 0 Å². The van der Waals surface area contributed by atoms with Gasteiger partial charge in [0.25, 0.3) is 0 Å². The van der Waals surface area contributed by atoms with E-state index in [-0.39, 0.29) is 30.3 Å². The average Bonchev–Trinajstić information content (AvgIpc) is 3.24. The first kappa shape index (κ1) is 19.5. The molecule has 2 atom stereocenters. The third-order valence-electron chi connectivity index (χ3n) is 5.20. The van der Waals surface area contributed by atoms with Crippen LogP contribution in [0.2, 0.25) is 0 Å². The van der Waals surface area contributed by atoms with Crippen LogP contribution in [0.15, 0.2) is 36.4 Å². The van der Waals surface area contributed by atoms with Crippen LogP contribution in [0, 0.1) is 17.5 Å². The quantitative estimate of drug-likeness (QED) is 0.529. The van der Waals surface area contributed by atoms with Crippen LogP contribution in [0.4, 0.5) is 13.2 Å². The van der Waals surface area contributed by atoms with Crippen LogP contribution in [0.1, 0.15) is 12.0 Å². The Hall–Kier alpha value is -2.84.